The topological polar surface area (TPSA) is 156 Å². The Hall–Kier alpha value is -1.76. The van der Waals surface area contributed by atoms with Crippen molar-refractivity contribution >= 4 is 27.8 Å². The van der Waals surface area contributed by atoms with Gasteiger partial charge in [-0.1, -0.05) is 20.8 Å². The van der Waals surface area contributed by atoms with E-state index in [-0.39, 0.29) is 46.8 Å². The molecule has 1 amide bonds. The fourth-order valence-corrected chi connectivity index (χ4v) is 5.70. The van der Waals surface area contributed by atoms with Crippen LogP contribution in [0, 0.1) is 5.41 Å². The Morgan fingerprint density at radius 3 is 2.50 bits per heavy atom. The van der Waals surface area contributed by atoms with Gasteiger partial charge in [-0.3, -0.25) is 13.8 Å². The second-order valence-corrected chi connectivity index (χ2v) is 11.2. The third kappa shape index (κ3) is 6.38. The number of fused-ring (bicyclic) bond motifs is 1. The van der Waals surface area contributed by atoms with Crippen LogP contribution in [-0.4, -0.2) is 46.6 Å². The van der Waals surface area contributed by atoms with Gasteiger partial charge in [-0.2, -0.15) is 5.10 Å². The number of carbonyl (C=O) groups excluding carboxylic acids is 2. The first kappa shape index (κ1) is 28.8. The molecule has 2 aromatic rings. The van der Waals surface area contributed by atoms with E-state index in [1.165, 1.54) is 0 Å². The maximum absolute atomic E-state index is 12.9. The van der Waals surface area contributed by atoms with Crippen molar-refractivity contribution in [1.82, 2.24) is 9.78 Å². The molecule has 0 unspecified atom stereocenters. The predicted octanol–water partition coefficient (Wildman–Crippen LogP) is -0.107. The number of nitrogens with two attached hydrogens (primary N) is 1. The first-order valence-electron chi connectivity index (χ1n) is 11.9. The van der Waals surface area contributed by atoms with Crippen molar-refractivity contribution in [3.63, 3.8) is 0 Å². The average Bonchev–Trinajstić information content (AvgIpc) is 3.11. The molecule has 4 rings (SSSR count). The monoisotopic (exact) mass is 526 g/mol. The van der Waals surface area contributed by atoms with Gasteiger partial charge in [-0.05, 0) is 62.1 Å². The van der Waals surface area contributed by atoms with Gasteiger partial charge in [0.15, 0.2) is 5.78 Å². The van der Waals surface area contributed by atoms with Crippen molar-refractivity contribution < 1.29 is 56.3 Å². The number of nitrogens with zero attached hydrogens (tertiary/aromatic N) is 2. The van der Waals surface area contributed by atoms with E-state index < -0.39 is 22.4 Å². The zero-order chi connectivity index (χ0) is 25.5. The van der Waals surface area contributed by atoms with Crippen LogP contribution in [0.25, 0.3) is 5.69 Å². The zero-order valence-corrected chi connectivity index (χ0v) is 24.0. The summed E-state index contributed by atoms with van der Waals surface area (Å²) in [6.07, 6.45) is 3.09. The molecule has 0 atom stereocenters. The predicted molar refractivity (Wildman–Crippen MR) is 128 cm³/mol. The smallest absolute Gasteiger partial charge is 0.726 e. The molecule has 1 fully saturated rings. The molecule has 0 radical (unpaired) electrons. The van der Waals surface area contributed by atoms with Gasteiger partial charge in [0.25, 0.3) is 5.91 Å². The van der Waals surface area contributed by atoms with Crippen LogP contribution < -0.4 is 40.6 Å². The number of aryl methyl sites for hydroxylation is 1. The molecule has 36 heavy (non-hydrogen) atoms. The van der Waals surface area contributed by atoms with Crippen LogP contribution in [0.1, 0.15) is 85.0 Å². The Kier molecular flexibility index (Phi) is 8.74. The number of primary amides is 1. The number of anilines is 1. The molecule has 10 nitrogen and oxygen atoms in total. The first-order valence-corrected chi connectivity index (χ1v) is 13.2. The molecule has 3 N–H and O–H groups in total. The molecule has 0 saturated heterocycles. The van der Waals surface area contributed by atoms with Crippen molar-refractivity contribution in [3.8, 4) is 5.69 Å². The van der Waals surface area contributed by atoms with Crippen molar-refractivity contribution in [3.05, 3.63) is 40.7 Å². The molecular weight excluding hydrogens is 495 g/mol. The molecule has 0 spiro atoms. The van der Waals surface area contributed by atoms with Gasteiger partial charge in [0.1, 0.15) is 0 Å². The fourth-order valence-electron chi connectivity index (χ4n) is 5.18. The second kappa shape index (κ2) is 10.9. The molecule has 0 aliphatic heterocycles. The van der Waals surface area contributed by atoms with Gasteiger partial charge in [0.2, 0.25) is 10.4 Å². The molecule has 0 bridgehead atoms. The van der Waals surface area contributed by atoms with Crippen LogP contribution in [0.3, 0.4) is 0 Å². The van der Waals surface area contributed by atoms with E-state index in [9.17, 15) is 22.6 Å². The summed E-state index contributed by atoms with van der Waals surface area (Å²) in [7, 11) is -4.74. The molecule has 1 saturated carbocycles. The standard InChI is InChI=1S/C24H32N4O6S.Na/c1-4-18-22-20(12-24(2,3)13-21(22)29)28(27-18)15-7-10-17(23(25)30)19(11-15)26-14-5-8-16(9-6-14)34-35(31,32)33;/h7,10-11,14,16,26H,4-6,8-9,12-13H2,1-3H3,(H2,25,30)(H,31,32,33);/q;+1/p-1. The number of hydrogen-bond acceptors (Lipinski definition) is 8. The molecule has 12 heteroatoms. The summed E-state index contributed by atoms with van der Waals surface area (Å²) >= 11 is 0. The minimum atomic E-state index is -4.74. The van der Waals surface area contributed by atoms with Crippen LogP contribution in [-0.2, 0) is 27.4 Å². The maximum atomic E-state index is 12.9. The van der Waals surface area contributed by atoms with Crippen molar-refractivity contribution in [2.24, 2.45) is 11.1 Å². The number of amides is 1. The summed E-state index contributed by atoms with van der Waals surface area (Å²) in [5.41, 5.74) is 9.36. The molecule has 190 valence electrons. The number of aromatic nitrogens is 2. The number of carbonyl (C=O) groups is 2. The van der Waals surface area contributed by atoms with Gasteiger partial charge in [0.05, 0.1) is 34.3 Å². The summed E-state index contributed by atoms with van der Waals surface area (Å²) in [6, 6.07) is 5.17. The average molecular weight is 527 g/mol. The van der Waals surface area contributed by atoms with Crippen LogP contribution >= 0.6 is 0 Å². The maximum Gasteiger partial charge on any atom is 1.00 e. The van der Waals surface area contributed by atoms with E-state index in [1.54, 1.807) is 16.8 Å². The van der Waals surface area contributed by atoms with Gasteiger partial charge in [-0.25, -0.2) is 13.1 Å². The molecular formula is C24H31N4NaO6S. The van der Waals surface area contributed by atoms with E-state index in [2.05, 4.69) is 23.3 Å². The van der Waals surface area contributed by atoms with Crippen LogP contribution in [0.2, 0.25) is 0 Å². The van der Waals surface area contributed by atoms with E-state index in [0.717, 1.165) is 11.4 Å². The third-order valence-corrected chi connectivity index (χ3v) is 7.26. The second-order valence-electron chi connectivity index (χ2n) is 10.2. The zero-order valence-electron chi connectivity index (χ0n) is 21.2. The molecule has 1 aromatic carbocycles. The van der Waals surface area contributed by atoms with E-state index >= 15 is 0 Å². The van der Waals surface area contributed by atoms with E-state index in [1.807, 2.05) is 13.0 Å². The number of rotatable bonds is 7. The largest absolute Gasteiger partial charge is 1.00 e. The van der Waals surface area contributed by atoms with Crippen LogP contribution in [0.4, 0.5) is 5.69 Å². The number of nitrogens with one attached hydrogen (secondary N) is 1. The van der Waals surface area contributed by atoms with Crippen LogP contribution in [0.15, 0.2) is 18.2 Å². The minimum absolute atomic E-state index is 0. The first-order chi connectivity index (χ1) is 16.4. The quantitative estimate of drug-likeness (QED) is 0.288. The minimum Gasteiger partial charge on any atom is -0.726 e. The van der Waals surface area contributed by atoms with Gasteiger partial charge in [0, 0.05) is 18.2 Å². The number of benzene rings is 1. The Bertz CT molecular complexity index is 1270. The summed E-state index contributed by atoms with van der Waals surface area (Å²) < 4.78 is 39.0. The van der Waals surface area contributed by atoms with Crippen molar-refractivity contribution in [1.29, 1.82) is 0 Å². The summed E-state index contributed by atoms with van der Waals surface area (Å²) in [5, 5.41) is 8.11. The van der Waals surface area contributed by atoms with Crippen LogP contribution in [0.5, 0.6) is 0 Å². The van der Waals surface area contributed by atoms with E-state index in [4.69, 9.17) is 10.8 Å². The summed E-state index contributed by atoms with van der Waals surface area (Å²) in [6.45, 7) is 6.11. The third-order valence-electron chi connectivity index (χ3n) is 6.75. The number of Topliss-reactive ketones (excluding diaryl/α,β-unsaturated/α-hetero) is 1. The van der Waals surface area contributed by atoms with Gasteiger partial charge < -0.3 is 15.6 Å². The molecule has 1 heterocycles. The van der Waals surface area contributed by atoms with Gasteiger partial charge >= 0.3 is 29.6 Å². The van der Waals surface area contributed by atoms with E-state index in [0.29, 0.717) is 67.4 Å². The summed E-state index contributed by atoms with van der Waals surface area (Å²) in [5.74, 6) is -0.480. The molecule has 2 aliphatic rings. The molecule has 2 aliphatic carbocycles. The normalized spacial score (nSPS) is 21.4. The molecule has 1 aromatic heterocycles. The Labute approximate surface area is 233 Å². The Balaban J connectivity index is 0.00000361. The fraction of sp³-hybridized carbons (Fsp3) is 0.542. The Morgan fingerprint density at radius 2 is 1.92 bits per heavy atom. The SMILES string of the molecule is CCc1nn(-c2ccc(C(N)=O)c(NC3CCC(OS(=O)(=O)[O-])CC3)c2)c2c1C(=O)CC(C)(C)C2.[Na+]. The number of hydrogen-bond donors (Lipinski definition) is 2. The van der Waals surface area contributed by atoms with Crippen molar-refractivity contribution in [2.75, 3.05) is 5.32 Å². The Morgan fingerprint density at radius 1 is 1.25 bits per heavy atom. The number of ketones is 1. The summed E-state index contributed by atoms with van der Waals surface area (Å²) in [4.78, 5) is 25.0. The van der Waals surface area contributed by atoms with Crippen molar-refractivity contribution in [2.45, 2.75) is 77.9 Å². The van der Waals surface area contributed by atoms with Gasteiger partial charge in [-0.15, -0.1) is 0 Å².